The number of guanidine groups is 1. The standard InChI is InChI=1S/C20H42N4OS.HI/c1-7-21-19(22-12-15-26(25)20(4,5)6)23-16-18(17(2)3)24-13-10-8-9-11-14-24;/h17-18H,7-16H2,1-6H3,(H2,21,22,23);1H. The van der Waals surface area contributed by atoms with Gasteiger partial charge in [-0.1, -0.05) is 26.7 Å². The van der Waals surface area contributed by atoms with Crippen LogP contribution in [0.5, 0.6) is 0 Å². The van der Waals surface area contributed by atoms with Gasteiger partial charge < -0.3 is 10.6 Å². The van der Waals surface area contributed by atoms with Crippen LogP contribution in [0.2, 0.25) is 0 Å². The molecular weight excluding hydrogens is 471 g/mol. The van der Waals surface area contributed by atoms with Crippen LogP contribution in [-0.2, 0) is 10.8 Å². The second-order valence-corrected chi connectivity index (χ2v) is 10.9. The van der Waals surface area contributed by atoms with Gasteiger partial charge in [0, 0.05) is 40.4 Å². The summed E-state index contributed by atoms with van der Waals surface area (Å²) in [5.74, 6) is 2.08. The molecule has 0 spiro atoms. The van der Waals surface area contributed by atoms with Crippen molar-refractivity contribution in [3.63, 3.8) is 0 Å². The van der Waals surface area contributed by atoms with Crippen LogP contribution in [0.1, 0.15) is 67.2 Å². The lowest BCUT2D eigenvalue weighted by Gasteiger charge is -2.32. The molecule has 0 aromatic carbocycles. The first kappa shape index (κ1) is 27.1. The van der Waals surface area contributed by atoms with E-state index in [1.807, 2.05) is 20.8 Å². The zero-order chi connectivity index (χ0) is 19.6. The summed E-state index contributed by atoms with van der Waals surface area (Å²) in [6, 6.07) is 0.493. The molecule has 2 unspecified atom stereocenters. The molecular formula is C20H43IN4OS. The molecule has 0 aliphatic carbocycles. The van der Waals surface area contributed by atoms with Gasteiger partial charge in [0.15, 0.2) is 5.96 Å². The largest absolute Gasteiger partial charge is 0.357 e. The lowest BCUT2D eigenvalue weighted by molar-refractivity contribution is 0.166. The molecule has 2 N–H and O–H groups in total. The summed E-state index contributed by atoms with van der Waals surface area (Å²) in [5, 5.41) is 6.69. The van der Waals surface area contributed by atoms with Gasteiger partial charge in [-0.25, -0.2) is 0 Å². The molecule has 0 bridgehead atoms. The van der Waals surface area contributed by atoms with Crippen LogP contribution in [0, 0.1) is 5.92 Å². The van der Waals surface area contributed by atoms with E-state index >= 15 is 0 Å². The van der Waals surface area contributed by atoms with Crippen LogP contribution in [-0.4, -0.2) is 64.3 Å². The fourth-order valence-corrected chi connectivity index (χ4v) is 4.17. The summed E-state index contributed by atoms with van der Waals surface area (Å²) in [5.41, 5.74) is 0. The molecule has 27 heavy (non-hydrogen) atoms. The van der Waals surface area contributed by atoms with Crippen molar-refractivity contribution < 1.29 is 4.21 Å². The average Bonchev–Trinajstić information content (AvgIpc) is 2.83. The minimum absolute atomic E-state index is 0. The van der Waals surface area contributed by atoms with Gasteiger partial charge in [-0.05, 0) is 59.5 Å². The third-order valence-corrected chi connectivity index (χ3v) is 6.86. The molecule has 1 rings (SSSR count). The monoisotopic (exact) mass is 514 g/mol. The molecule has 2 atom stereocenters. The highest BCUT2D eigenvalue weighted by molar-refractivity contribution is 14.0. The topological polar surface area (TPSA) is 56.7 Å². The Kier molecular flexibility index (Phi) is 14.2. The van der Waals surface area contributed by atoms with Crippen LogP contribution >= 0.6 is 24.0 Å². The van der Waals surface area contributed by atoms with E-state index in [9.17, 15) is 4.21 Å². The normalized spacial score (nSPS) is 19.1. The van der Waals surface area contributed by atoms with E-state index in [-0.39, 0.29) is 28.7 Å². The lowest BCUT2D eigenvalue weighted by Crippen LogP contribution is -2.44. The van der Waals surface area contributed by atoms with Gasteiger partial charge in [0.25, 0.3) is 0 Å². The third-order valence-electron chi connectivity index (χ3n) is 4.92. The lowest BCUT2D eigenvalue weighted by atomic mass is 10.0. The third kappa shape index (κ3) is 11.0. The zero-order valence-corrected chi connectivity index (χ0v) is 21.5. The Morgan fingerprint density at radius 1 is 1.11 bits per heavy atom. The van der Waals surface area contributed by atoms with Crippen LogP contribution in [0.15, 0.2) is 4.99 Å². The summed E-state index contributed by atoms with van der Waals surface area (Å²) < 4.78 is 12.0. The molecule has 0 radical (unpaired) electrons. The summed E-state index contributed by atoms with van der Waals surface area (Å²) >= 11 is 0. The highest BCUT2D eigenvalue weighted by atomic mass is 127. The number of nitrogens with zero attached hydrogens (tertiary/aromatic N) is 2. The van der Waals surface area contributed by atoms with Crippen molar-refractivity contribution in [2.45, 2.75) is 78.0 Å². The molecule has 1 aliphatic rings. The maximum absolute atomic E-state index is 12.2. The average molecular weight is 515 g/mol. The molecule has 0 amide bonds. The smallest absolute Gasteiger partial charge is 0.191 e. The number of hydrogen-bond acceptors (Lipinski definition) is 3. The summed E-state index contributed by atoms with van der Waals surface area (Å²) in [6.07, 6.45) is 5.34. The molecule has 5 nitrogen and oxygen atoms in total. The quantitative estimate of drug-likeness (QED) is 0.295. The Morgan fingerprint density at radius 3 is 2.19 bits per heavy atom. The number of aliphatic imine (C=N–C) groups is 1. The van der Waals surface area contributed by atoms with Crippen molar-refractivity contribution in [2.75, 3.05) is 38.5 Å². The predicted molar refractivity (Wildman–Crippen MR) is 131 cm³/mol. The van der Waals surface area contributed by atoms with Gasteiger partial charge in [0.2, 0.25) is 0 Å². The molecule has 1 fully saturated rings. The Labute approximate surface area is 187 Å². The van der Waals surface area contributed by atoms with Crippen molar-refractivity contribution in [1.29, 1.82) is 0 Å². The number of halogens is 1. The van der Waals surface area contributed by atoms with Crippen molar-refractivity contribution in [2.24, 2.45) is 10.9 Å². The highest BCUT2D eigenvalue weighted by Crippen LogP contribution is 2.17. The van der Waals surface area contributed by atoms with E-state index in [2.05, 4.69) is 36.3 Å². The van der Waals surface area contributed by atoms with Gasteiger partial charge >= 0.3 is 0 Å². The maximum atomic E-state index is 12.2. The van der Waals surface area contributed by atoms with E-state index in [1.165, 1.54) is 38.8 Å². The molecule has 1 aliphatic heterocycles. The number of rotatable bonds is 8. The van der Waals surface area contributed by atoms with Crippen molar-refractivity contribution in [3.8, 4) is 0 Å². The molecule has 0 saturated carbocycles. The molecule has 7 heteroatoms. The Bertz CT molecular complexity index is 444. The van der Waals surface area contributed by atoms with E-state index in [0.29, 0.717) is 24.3 Å². The molecule has 162 valence electrons. The Morgan fingerprint density at radius 2 is 1.70 bits per heavy atom. The summed E-state index contributed by atoms with van der Waals surface area (Å²) in [7, 11) is -0.837. The first-order valence-electron chi connectivity index (χ1n) is 10.4. The minimum Gasteiger partial charge on any atom is -0.357 e. The van der Waals surface area contributed by atoms with Gasteiger partial charge in [-0.3, -0.25) is 14.1 Å². The van der Waals surface area contributed by atoms with Gasteiger partial charge in [0.05, 0.1) is 6.54 Å². The number of hydrogen-bond donors (Lipinski definition) is 2. The fourth-order valence-electron chi connectivity index (χ4n) is 3.27. The molecule has 0 aromatic rings. The van der Waals surface area contributed by atoms with Gasteiger partial charge in [0.1, 0.15) is 0 Å². The summed E-state index contributed by atoms with van der Waals surface area (Å²) in [4.78, 5) is 7.49. The summed E-state index contributed by atoms with van der Waals surface area (Å²) in [6.45, 7) is 17.5. The van der Waals surface area contributed by atoms with E-state index < -0.39 is 10.8 Å². The first-order chi connectivity index (χ1) is 12.3. The first-order valence-corrected chi connectivity index (χ1v) is 11.7. The van der Waals surface area contributed by atoms with Crippen LogP contribution in [0.3, 0.4) is 0 Å². The molecule has 0 aromatic heterocycles. The van der Waals surface area contributed by atoms with Crippen molar-refractivity contribution in [3.05, 3.63) is 0 Å². The second-order valence-electron chi connectivity index (χ2n) is 8.57. The molecule has 1 saturated heterocycles. The van der Waals surface area contributed by atoms with Crippen LogP contribution in [0.4, 0.5) is 0 Å². The fraction of sp³-hybridized carbons (Fsp3) is 0.950. The van der Waals surface area contributed by atoms with Gasteiger partial charge in [-0.15, -0.1) is 24.0 Å². The number of nitrogens with one attached hydrogen (secondary N) is 2. The predicted octanol–water partition coefficient (Wildman–Crippen LogP) is 3.61. The second kappa shape index (κ2) is 14.1. The molecule has 1 heterocycles. The van der Waals surface area contributed by atoms with E-state index in [4.69, 9.17) is 4.99 Å². The van der Waals surface area contributed by atoms with E-state index in [0.717, 1.165) is 19.0 Å². The minimum atomic E-state index is -0.837. The van der Waals surface area contributed by atoms with E-state index in [1.54, 1.807) is 0 Å². The van der Waals surface area contributed by atoms with Crippen LogP contribution < -0.4 is 10.6 Å². The number of likely N-dealkylation sites (tertiary alicyclic amines) is 1. The SMILES string of the molecule is CCNC(=NCC(C(C)C)N1CCCCCC1)NCCS(=O)C(C)(C)C.I. The highest BCUT2D eigenvalue weighted by Gasteiger charge is 2.23. The van der Waals surface area contributed by atoms with Crippen LogP contribution in [0.25, 0.3) is 0 Å². The van der Waals surface area contributed by atoms with Crippen molar-refractivity contribution in [1.82, 2.24) is 15.5 Å². The van der Waals surface area contributed by atoms with Gasteiger partial charge in [-0.2, -0.15) is 0 Å². The maximum Gasteiger partial charge on any atom is 0.191 e. The Hall–Kier alpha value is 0.110. The van der Waals surface area contributed by atoms with Crippen molar-refractivity contribution >= 4 is 40.7 Å². The zero-order valence-electron chi connectivity index (χ0n) is 18.3. The Balaban J connectivity index is 0.00000676.